The number of rotatable bonds is 2. The molecule has 6 aromatic rings. The van der Waals surface area contributed by atoms with Crippen molar-refractivity contribution in [2.45, 2.75) is 0 Å². The molecule has 0 atom stereocenters. The Morgan fingerprint density at radius 3 is 2.59 bits per heavy atom. The Balaban J connectivity index is 1.76. The van der Waals surface area contributed by atoms with Crippen LogP contribution in [0.5, 0.6) is 0 Å². The molecule has 0 radical (unpaired) electrons. The summed E-state index contributed by atoms with van der Waals surface area (Å²) in [4.78, 5) is 4.72. The van der Waals surface area contributed by atoms with E-state index in [1.165, 1.54) is 6.07 Å². The van der Waals surface area contributed by atoms with Crippen molar-refractivity contribution in [2.24, 2.45) is 0 Å². The molecule has 3 heterocycles. The van der Waals surface area contributed by atoms with Gasteiger partial charge in [-0.2, -0.15) is 5.10 Å². The first-order valence-electron chi connectivity index (χ1n) is 9.17. The van der Waals surface area contributed by atoms with Gasteiger partial charge in [0.05, 0.1) is 22.7 Å². The molecule has 6 heteroatoms. The van der Waals surface area contributed by atoms with Gasteiger partial charge in [-0.3, -0.25) is 4.57 Å². The largest absolute Gasteiger partial charge is 0.455 e. The molecular weight excluding hydrogens is 367 g/mol. The lowest BCUT2D eigenvalue weighted by Crippen LogP contribution is -1.98. The molecule has 0 fully saturated rings. The summed E-state index contributed by atoms with van der Waals surface area (Å²) in [5, 5.41) is 9.32. The van der Waals surface area contributed by atoms with Crippen LogP contribution in [-0.2, 0) is 0 Å². The Morgan fingerprint density at radius 1 is 0.862 bits per heavy atom. The molecule has 0 bridgehead atoms. The van der Waals surface area contributed by atoms with Crippen molar-refractivity contribution in [3.63, 3.8) is 0 Å². The van der Waals surface area contributed by atoms with Gasteiger partial charge in [0.15, 0.2) is 5.82 Å². The van der Waals surface area contributed by atoms with Crippen LogP contribution in [0.1, 0.15) is 0 Å². The topological polar surface area (TPSA) is 56.7 Å². The van der Waals surface area contributed by atoms with Gasteiger partial charge in [0, 0.05) is 11.1 Å². The molecule has 0 amide bonds. The standard InChI is InChI=1S/C23H13FN4O/c24-17-11-10-16(21-20(17)15-8-4-5-9-19(15)29-21)23-26-22-18(12-13-25-27-22)28(23)14-6-2-1-3-7-14/h1-13H. The normalized spacial score (nSPS) is 11.6. The second-order valence-corrected chi connectivity index (χ2v) is 6.74. The fourth-order valence-corrected chi connectivity index (χ4v) is 3.82. The van der Waals surface area contributed by atoms with Crippen LogP contribution in [0.3, 0.4) is 0 Å². The number of halogens is 1. The van der Waals surface area contributed by atoms with E-state index < -0.39 is 0 Å². The molecule has 0 spiro atoms. The van der Waals surface area contributed by atoms with Crippen LogP contribution >= 0.6 is 0 Å². The molecule has 0 saturated heterocycles. The number of imidazole rings is 1. The van der Waals surface area contributed by atoms with Crippen LogP contribution in [0.4, 0.5) is 4.39 Å². The van der Waals surface area contributed by atoms with Gasteiger partial charge in [-0.1, -0.05) is 36.4 Å². The molecule has 3 aromatic carbocycles. The molecule has 0 aliphatic rings. The van der Waals surface area contributed by atoms with Gasteiger partial charge >= 0.3 is 0 Å². The Kier molecular flexibility index (Phi) is 3.28. The van der Waals surface area contributed by atoms with Gasteiger partial charge in [-0.15, -0.1) is 5.10 Å². The zero-order valence-corrected chi connectivity index (χ0v) is 15.1. The zero-order chi connectivity index (χ0) is 19.4. The van der Waals surface area contributed by atoms with E-state index in [2.05, 4.69) is 10.2 Å². The van der Waals surface area contributed by atoms with Gasteiger partial charge in [-0.25, -0.2) is 9.37 Å². The predicted molar refractivity (Wildman–Crippen MR) is 109 cm³/mol. The Bertz CT molecular complexity index is 1520. The highest BCUT2D eigenvalue weighted by atomic mass is 19.1. The fourth-order valence-electron chi connectivity index (χ4n) is 3.82. The lowest BCUT2D eigenvalue weighted by molar-refractivity contribution is 0.634. The summed E-state index contributed by atoms with van der Waals surface area (Å²) in [6.07, 6.45) is 1.63. The summed E-state index contributed by atoms with van der Waals surface area (Å²) in [6, 6.07) is 22.3. The molecule has 5 nitrogen and oxygen atoms in total. The number of nitrogens with zero attached hydrogens (tertiary/aromatic N) is 4. The number of para-hydroxylation sites is 2. The second-order valence-electron chi connectivity index (χ2n) is 6.74. The molecule has 6 rings (SSSR count). The van der Waals surface area contributed by atoms with Crippen LogP contribution in [0.15, 0.2) is 83.4 Å². The third kappa shape index (κ3) is 2.29. The van der Waals surface area contributed by atoms with Crippen molar-refractivity contribution in [3.05, 3.63) is 84.8 Å². The van der Waals surface area contributed by atoms with Crippen molar-refractivity contribution >= 4 is 33.1 Å². The number of hydrogen-bond donors (Lipinski definition) is 0. The van der Waals surface area contributed by atoms with Gasteiger partial charge in [0.25, 0.3) is 0 Å². The van der Waals surface area contributed by atoms with Gasteiger partial charge in [0.2, 0.25) is 5.65 Å². The van der Waals surface area contributed by atoms with Crippen molar-refractivity contribution in [1.29, 1.82) is 0 Å². The number of hydrogen-bond acceptors (Lipinski definition) is 4. The molecule has 0 aliphatic carbocycles. The molecule has 29 heavy (non-hydrogen) atoms. The maximum Gasteiger partial charge on any atom is 0.200 e. The predicted octanol–water partition coefficient (Wildman–Crippen LogP) is 5.52. The summed E-state index contributed by atoms with van der Waals surface area (Å²) >= 11 is 0. The highest BCUT2D eigenvalue weighted by Gasteiger charge is 2.21. The average molecular weight is 380 g/mol. The van der Waals surface area contributed by atoms with E-state index in [-0.39, 0.29) is 5.82 Å². The van der Waals surface area contributed by atoms with Crippen LogP contribution in [-0.4, -0.2) is 19.7 Å². The van der Waals surface area contributed by atoms with Gasteiger partial charge in [0.1, 0.15) is 17.0 Å². The van der Waals surface area contributed by atoms with Crippen molar-refractivity contribution in [3.8, 4) is 17.1 Å². The third-order valence-electron chi connectivity index (χ3n) is 5.08. The molecule has 0 saturated carbocycles. The second kappa shape index (κ2) is 5.97. The van der Waals surface area contributed by atoms with Crippen LogP contribution in [0.25, 0.3) is 50.2 Å². The minimum atomic E-state index is -0.323. The third-order valence-corrected chi connectivity index (χ3v) is 5.08. The summed E-state index contributed by atoms with van der Waals surface area (Å²) < 4.78 is 22.8. The molecule has 0 aliphatic heterocycles. The number of fused-ring (bicyclic) bond motifs is 4. The van der Waals surface area contributed by atoms with Crippen molar-refractivity contribution in [2.75, 3.05) is 0 Å². The highest BCUT2D eigenvalue weighted by molar-refractivity contribution is 6.09. The molecular formula is C23H13FN4O. The summed E-state index contributed by atoms with van der Waals surface area (Å²) in [6.45, 7) is 0. The summed E-state index contributed by atoms with van der Waals surface area (Å²) in [7, 11) is 0. The molecule has 3 aromatic heterocycles. The van der Waals surface area contributed by atoms with Gasteiger partial charge < -0.3 is 4.42 Å². The highest BCUT2D eigenvalue weighted by Crippen LogP contribution is 2.38. The van der Waals surface area contributed by atoms with E-state index in [0.29, 0.717) is 33.6 Å². The van der Waals surface area contributed by atoms with Crippen LogP contribution < -0.4 is 0 Å². The van der Waals surface area contributed by atoms with E-state index in [1.807, 2.05) is 65.2 Å². The smallest absolute Gasteiger partial charge is 0.200 e. The average Bonchev–Trinajstić information content (AvgIpc) is 3.34. The fraction of sp³-hybridized carbons (Fsp3) is 0. The van der Waals surface area contributed by atoms with Crippen LogP contribution in [0, 0.1) is 5.82 Å². The zero-order valence-electron chi connectivity index (χ0n) is 15.1. The monoisotopic (exact) mass is 380 g/mol. The van der Waals surface area contributed by atoms with Gasteiger partial charge in [-0.05, 0) is 36.4 Å². The maximum atomic E-state index is 14.8. The SMILES string of the molecule is Fc1ccc(-c2nc3nnccc3n2-c2ccccc2)c2oc3ccccc3c12. The number of furan rings is 1. The van der Waals surface area contributed by atoms with Crippen molar-refractivity contribution < 1.29 is 8.81 Å². The lowest BCUT2D eigenvalue weighted by Gasteiger charge is -2.09. The van der Waals surface area contributed by atoms with E-state index in [1.54, 1.807) is 12.3 Å². The Morgan fingerprint density at radius 2 is 1.69 bits per heavy atom. The first-order valence-corrected chi connectivity index (χ1v) is 9.17. The maximum absolute atomic E-state index is 14.8. The number of aromatic nitrogens is 4. The van der Waals surface area contributed by atoms with E-state index in [0.717, 1.165) is 16.6 Å². The number of benzene rings is 3. The molecule has 0 N–H and O–H groups in total. The lowest BCUT2D eigenvalue weighted by atomic mass is 10.1. The quantitative estimate of drug-likeness (QED) is 0.397. The summed E-state index contributed by atoms with van der Waals surface area (Å²) in [5.74, 6) is 0.298. The summed E-state index contributed by atoms with van der Waals surface area (Å²) in [5.41, 5.74) is 4.04. The first-order chi connectivity index (χ1) is 14.3. The molecule has 0 unspecified atom stereocenters. The Hall–Kier alpha value is -4.06. The Labute approximate surface area is 164 Å². The van der Waals surface area contributed by atoms with E-state index >= 15 is 0 Å². The molecule has 138 valence electrons. The first kappa shape index (κ1) is 15.9. The minimum Gasteiger partial charge on any atom is -0.455 e. The van der Waals surface area contributed by atoms with E-state index in [9.17, 15) is 4.39 Å². The van der Waals surface area contributed by atoms with Crippen molar-refractivity contribution in [1.82, 2.24) is 19.7 Å². The minimum absolute atomic E-state index is 0.323. The van der Waals surface area contributed by atoms with Crippen LogP contribution in [0.2, 0.25) is 0 Å². The van der Waals surface area contributed by atoms with E-state index in [4.69, 9.17) is 9.40 Å².